The van der Waals surface area contributed by atoms with Gasteiger partial charge in [0.1, 0.15) is 16.4 Å². The summed E-state index contributed by atoms with van der Waals surface area (Å²) in [5.41, 5.74) is 7.32. The molecule has 2 aromatic heterocycles. The normalized spacial score (nSPS) is 10.8. The minimum atomic E-state index is 0.167. The number of hydrogen-bond acceptors (Lipinski definition) is 4. The third-order valence-corrected chi connectivity index (χ3v) is 3.53. The van der Waals surface area contributed by atoms with Gasteiger partial charge in [0.05, 0.1) is 5.02 Å². The molecule has 0 fully saturated rings. The smallest absolute Gasteiger partial charge is 0.240 e. The van der Waals surface area contributed by atoms with E-state index in [4.69, 9.17) is 33.7 Å². The minimum absolute atomic E-state index is 0.167. The lowest BCUT2D eigenvalue weighted by molar-refractivity contribution is 0.468. The molecule has 106 valence electrons. The molecule has 2 heterocycles. The standard InChI is InChI=1S/C15H11Cl2N3O/c1-8-5-6-9-3-2-4-12(13(9)19-8)21-15-11(17)7-10(16)14(18)20-15/h2-7H,1H3,(H2,18,20). The fourth-order valence-electron chi connectivity index (χ4n) is 1.94. The molecule has 0 aliphatic carbocycles. The van der Waals surface area contributed by atoms with Crippen molar-refractivity contribution in [2.24, 2.45) is 0 Å². The Morgan fingerprint density at radius 1 is 1.05 bits per heavy atom. The molecule has 0 spiro atoms. The van der Waals surface area contributed by atoms with Crippen LogP contribution in [-0.4, -0.2) is 9.97 Å². The van der Waals surface area contributed by atoms with Crippen molar-refractivity contribution in [3.05, 3.63) is 52.1 Å². The average Bonchev–Trinajstić information content (AvgIpc) is 2.45. The van der Waals surface area contributed by atoms with Gasteiger partial charge in [0.15, 0.2) is 5.75 Å². The number of rotatable bonds is 2. The van der Waals surface area contributed by atoms with Crippen LogP contribution in [0.25, 0.3) is 10.9 Å². The van der Waals surface area contributed by atoms with Crippen molar-refractivity contribution in [3.8, 4) is 11.6 Å². The summed E-state index contributed by atoms with van der Waals surface area (Å²) >= 11 is 12.0. The second kappa shape index (κ2) is 5.39. The van der Waals surface area contributed by atoms with Gasteiger partial charge >= 0.3 is 0 Å². The van der Waals surface area contributed by atoms with Gasteiger partial charge in [-0.05, 0) is 25.1 Å². The molecule has 3 rings (SSSR count). The molecule has 4 nitrogen and oxygen atoms in total. The molecule has 1 aromatic carbocycles. The van der Waals surface area contributed by atoms with Gasteiger partial charge < -0.3 is 10.5 Å². The second-order valence-electron chi connectivity index (χ2n) is 4.52. The van der Waals surface area contributed by atoms with Gasteiger partial charge in [-0.15, -0.1) is 0 Å². The van der Waals surface area contributed by atoms with Gasteiger partial charge in [-0.25, -0.2) is 4.98 Å². The number of pyridine rings is 2. The highest BCUT2D eigenvalue weighted by atomic mass is 35.5. The molecule has 0 radical (unpaired) electrons. The highest BCUT2D eigenvalue weighted by molar-refractivity contribution is 6.36. The number of aryl methyl sites for hydroxylation is 1. The van der Waals surface area contributed by atoms with Gasteiger partial charge in [0.2, 0.25) is 5.88 Å². The van der Waals surface area contributed by atoms with Crippen LogP contribution in [0.4, 0.5) is 5.82 Å². The first-order valence-corrected chi connectivity index (χ1v) is 6.96. The van der Waals surface area contributed by atoms with Crippen molar-refractivity contribution in [3.63, 3.8) is 0 Å². The van der Waals surface area contributed by atoms with Crippen LogP contribution < -0.4 is 10.5 Å². The van der Waals surface area contributed by atoms with E-state index in [9.17, 15) is 0 Å². The predicted molar refractivity (Wildman–Crippen MR) is 85.2 cm³/mol. The first kappa shape index (κ1) is 13.9. The third kappa shape index (κ3) is 2.73. The lowest BCUT2D eigenvalue weighted by atomic mass is 10.2. The zero-order valence-electron chi connectivity index (χ0n) is 11.1. The Balaban J connectivity index is 2.10. The minimum Gasteiger partial charge on any atom is -0.435 e. The van der Waals surface area contributed by atoms with Crippen molar-refractivity contribution < 1.29 is 4.74 Å². The van der Waals surface area contributed by atoms with Crippen LogP contribution in [0.5, 0.6) is 11.6 Å². The van der Waals surface area contributed by atoms with E-state index in [1.165, 1.54) is 6.07 Å². The maximum absolute atomic E-state index is 6.09. The van der Waals surface area contributed by atoms with E-state index in [-0.39, 0.29) is 11.7 Å². The molecule has 2 N–H and O–H groups in total. The molecule has 0 unspecified atom stereocenters. The molecule has 0 amide bonds. The van der Waals surface area contributed by atoms with Crippen molar-refractivity contribution in [2.45, 2.75) is 6.92 Å². The Morgan fingerprint density at radius 2 is 1.86 bits per heavy atom. The van der Waals surface area contributed by atoms with E-state index in [0.717, 1.165) is 16.6 Å². The van der Waals surface area contributed by atoms with Gasteiger partial charge in [0.25, 0.3) is 0 Å². The van der Waals surface area contributed by atoms with E-state index in [1.54, 1.807) is 6.07 Å². The average molecular weight is 320 g/mol. The predicted octanol–water partition coefficient (Wildman–Crippen LogP) is 4.62. The van der Waals surface area contributed by atoms with Crippen LogP contribution >= 0.6 is 23.2 Å². The van der Waals surface area contributed by atoms with Crippen LogP contribution in [0.15, 0.2) is 36.4 Å². The second-order valence-corrected chi connectivity index (χ2v) is 5.34. The van der Waals surface area contributed by atoms with Crippen LogP contribution in [0.1, 0.15) is 5.69 Å². The number of hydrogen-bond donors (Lipinski definition) is 1. The first-order chi connectivity index (χ1) is 10.0. The number of benzene rings is 1. The Morgan fingerprint density at radius 3 is 2.67 bits per heavy atom. The van der Waals surface area contributed by atoms with Crippen molar-refractivity contribution in [1.29, 1.82) is 0 Å². The number of nitrogen functional groups attached to an aromatic ring is 1. The number of para-hydroxylation sites is 1. The van der Waals surface area contributed by atoms with Gasteiger partial charge in [-0.1, -0.05) is 41.4 Å². The molecule has 6 heteroatoms. The third-order valence-electron chi connectivity index (χ3n) is 2.95. The fraction of sp³-hybridized carbons (Fsp3) is 0.0667. The highest BCUT2D eigenvalue weighted by Gasteiger charge is 2.12. The topological polar surface area (TPSA) is 61.0 Å². The molecule has 0 bridgehead atoms. The molecule has 0 atom stereocenters. The molecular formula is C15H11Cl2N3O. The summed E-state index contributed by atoms with van der Waals surface area (Å²) < 4.78 is 5.77. The Labute approximate surface area is 131 Å². The van der Waals surface area contributed by atoms with Gasteiger partial charge in [0, 0.05) is 11.1 Å². The van der Waals surface area contributed by atoms with E-state index >= 15 is 0 Å². The lowest BCUT2D eigenvalue weighted by Gasteiger charge is -2.10. The molecule has 3 aromatic rings. The van der Waals surface area contributed by atoms with Crippen molar-refractivity contribution in [1.82, 2.24) is 9.97 Å². The SMILES string of the molecule is Cc1ccc2cccc(Oc3nc(N)c(Cl)cc3Cl)c2n1. The Bertz CT molecular complexity index is 837. The van der Waals surface area contributed by atoms with E-state index in [0.29, 0.717) is 15.8 Å². The van der Waals surface area contributed by atoms with E-state index < -0.39 is 0 Å². The van der Waals surface area contributed by atoms with Gasteiger partial charge in [-0.2, -0.15) is 4.98 Å². The molecule has 21 heavy (non-hydrogen) atoms. The maximum Gasteiger partial charge on any atom is 0.240 e. The van der Waals surface area contributed by atoms with E-state index in [2.05, 4.69) is 9.97 Å². The highest BCUT2D eigenvalue weighted by Crippen LogP contribution is 2.34. The van der Waals surface area contributed by atoms with Crippen LogP contribution in [0, 0.1) is 6.92 Å². The van der Waals surface area contributed by atoms with Gasteiger partial charge in [-0.3, -0.25) is 0 Å². The summed E-state index contributed by atoms with van der Waals surface area (Å²) in [5, 5.41) is 1.55. The van der Waals surface area contributed by atoms with Crippen LogP contribution in [0.2, 0.25) is 10.0 Å². The Kier molecular flexibility index (Phi) is 3.57. The van der Waals surface area contributed by atoms with Crippen LogP contribution in [-0.2, 0) is 0 Å². The monoisotopic (exact) mass is 319 g/mol. The number of aromatic nitrogens is 2. The number of nitrogens with zero attached hydrogens (tertiary/aromatic N) is 2. The van der Waals surface area contributed by atoms with Crippen molar-refractivity contribution >= 4 is 39.9 Å². The zero-order valence-corrected chi connectivity index (χ0v) is 12.6. The Hall–Kier alpha value is -2.04. The maximum atomic E-state index is 6.09. The number of halogens is 2. The summed E-state index contributed by atoms with van der Waals surface area (Å²) in [7, 11) is 0. The summed E-state index contributed by atoms with van der Waals surface area (Å²) in [6, 6.07) is 11.1. The zero-order chi connectivity index (χ0) is 15.0. The summed E-state index contributed by atoms with van der Waals surface area (Å²) in [6.45, 7) is 1.92. The number of anilines is 1. The first-order valence-electron chi connectivity index (χ1n) is 6.20. The summed E-state index contributed by atoms with van der Waals surface area (Å²) in [6.07, 6.45) is 0. The lowest BCUT2D eigenvalue weighted by Crippen LogP contribution is -1.97. The summed E-state index contributed by atoms with van der Waals surface area (Å²) in [4.78, 5) is 8.55. The van der Waals surface area contributed by atoms with Crippen molar-refractivity contribution in [2.75, 3.05) is 5.73 Å². The molecule has 0 aliphatic heterocycles. The van der Waals surface area contributed by atoms with E-state index in [1.807, 2.05) is 31.2 Å². The van der Waals surface area contributed by atoms with Crippen LogP contribution in [0.3, 0.4) is 0 Å². The fourth-order valence-corrected chi connectivity index (χ4v) is 2.34. The molecular weight excluding hydrogens is 309 g/mol. The molecule has 0 aliphatic rings. The summed E-state index contributed by atoms with van der Waals surface area (Å²) in [5.74, 6) is 0.933. The number of nitrogens with two attached hydrogens (primary N) is 1. The largest absolute Gasteiger partial charge is 0.435 e. The quantitative estimate of drug-likeness (QED) is 0.748. The molecule has 0 saturated heterocycles. The molecule has 0 saturated carbocycles. The number of fused-ring (bicyclic) bond motifs is 1. The number of ether oxygens (including phenoxy) is 1.